The number of para-hydroxylation sites is 1. The van der Waals surface area contributed by atoms with Crippen LogP contribution in [0, 0.1) is 0 Å². The predicted molar refractivity (Wildman–Crippen MR) is 77.5 cm³/mol. The van der Waals surface area contributed by atoms with Crippen LogP contribution in [-0.2, 0) is 9.53 Å². The van der Waals surface area contributed by atoms with Gasteiger partial charge >= 0.3 is 5.97 Å². The fourth-order valence-corrected chi connectivity index (χ4v) is 1.66. The van der Waals surface area contributed by atoms with E-state index in [0.29, 0.717) is 5.75 Å². The molecule has 0 saturated carbocycles. The van der Waals surface area contributed by atoms with Crippen molar-refractivity contribution in [3.05, 3.63) is 42.5 Å². The molecule has 0 spiro atoms. The van der Waals surface area contributed by atoms with E-state index in [0.717, 1.165) is 0 Å². The standard InChI is InChI=1S/C15H19NO5/c1-3-9-21-13-7-5-4-6-11(13)14(17)16-12(15(18)19)8-10-20-2/h3-7,12H,1,8-10H2,2H3,(H,16,17)(H,18,19). The van der Waals surface area contributed by atoms with Crippen LogP contribution in [0.4, 0.5) is 0 Å². The lowest BCUT2D eigenvalue weighted by atomic mass is 10.1. The van der Waals surface area contributed by atoms with Crippen LogP contribution in [0.2, 0.25) is 0 Å². The van der Waals surface area contributed by atoms with E-state index in [1.165, 1.54) is 7.11 Å². The van der Waals surface area contributed by atoms with Crippen molar-refractivity contribution in [2.45, 2.75) is 12.5 Å². The van der Waals surface area contributed by atoms with Gasteiger partial charge in [0.15, 0.2) is 0 Å². The van der Waals surface area contributed by atoms with Gasteiger partial charge in [-0.3, -0.25) is 4.79 Å². The molecule has 0 radical (unpaired) electrons. The van der Waals surface area contributed by atoms with Crippen molar-refractivity contribution in [2.24, 2.45) is 0 Å². The van der Waals surface area contributed by atoms with Gasteiger partial charge < -0.3 is 19.9 Å². The van der Waals surface area contributed by atoms with Gasteiger partial charge in [-0.25, -0.2) is 4.79 Å². The van der Waals surface area contributed by atoms with Gasteiger partial charge in [-0.05, 0) is 12.1 Å². The minimum absolute atomic E-state index is 0.188. The van der Waals surface area contributed by atoms with Gasteiger partial charge in [0.2, 0.25) is 0 Å². The average Bonchev–Trinajstić information content (AvgIpc) is 2.49. The minimum Gasteiger partial charge on any atom is -0.489 e. The molecule has 0 heterocycles. The second-order valence-corrected chi connectivity index (χ2v) is 4.24. The molecule has 0 aromatic heterocycles. The Labute approximate surface area is 123 Å². The number of carbonyl (C=O) groups is 2. The predicted octanol–water partition coefficient (Wildman–Crippen LogP) is 1.47. The van der Waals surface area contributed by atoms with Crippen LogP contribution in [-0.4, -0.2) is 43.3 Å². The molecular weight excluding hydrogens is 274 g/mol. The lowest BCUT2D eigenvalue weighted by Crippen LogP contribution is -2.41. The Morgan fingerprint density at radius 1 is 1.43 bits per heavy atom. The Bertz CT molecular complexity index is 501. The average molecular weight is 293 g/mol. The summed E-state index contributed by atoms with van der Waals surface area (Å²) < 4.78 is 10.2. The summed E-state index contributed by atoms with van der Waals surface area (Å²) in [5.74, 6) is -1.23. The number of benzene rings is 1. The fourth-order valence-electron chi connectivity index (χ4n) is 1.66. The highest BCUT2D eigenvalue weighted by molar-refractivity contribution is 5.98. The van der Waals surface area contributed by atoms with Crippen molar-refractivity contribution in [1.82, 2.24) is 5.32 Å². The molecular formula is C15H19NO5. The zero-order valence-electron chi connectivity index (χ0n) is 11.9. The molecule has 1 amide bonds. The molecule has 0 saturated heterocycles. The molecule has 6 nitrogen and oxygen atoms in total. The van der Waals surface area contributed by atoms with E-state index in [-0.39, 0.29) is 25.2 Å². The molecule has 0 aliphatic heterocycles. The van der Waals surface area contributed by atoms with Crippen molar-refractivity contribution >= 4 is 11.9 Å². The maximum atomic E-state index is 12.2. The fraction of sp³-hybridized carbons (Fsp3) is 0.333. The number of hydrogen-bond acceptors (Lipinski definition) is 4. The first kappa shape index (κ1) is 16.7. The van der Waals surface area contributed by atoms with Gasteiger partial charge in [0.25, 0.3) is 5.91 Å². The number of carbonyl (C=O) groups excluding carboxylic acids is 1. The Hall–Kier alpha value is -2.34. The highest BCUT2D eigenvalue weighted by Gasteiger charge is 2.22. The van der Waals surface area contributed by atoms with Crippen LogP contribution in [0.1, 0.15) is 16.8 Å². The molecule has 0 bridgehead atoms. The summed E-state index contributed by atoms with van der Waals surface area (Å²) >= 11 is 0. The highest BCUT2D eigenvalue weighted by atomic mass is 16.5. The summed E-state index contributed by atoms with van der Waals surface area (Å²) in [6.45, 7) is 4.04. The van der Waals surface area contributed by atoms with Gasteiger partial charge in [0.05, 0.1) is 5.56 Å². The highest BCUT2D eigenvalue weighted by Crippen LogP contribution is 2.18. The third-order valence-electron chi connectivity index (χ3n) is 2.70. The molecule has 114 valence electrons. The van der Waals surface area contributed by atoms with E-state index < -0.39 is 17.9 Å². The van der Waals surface area contributed by atoms with E-state index in [4.69, 9.17) is 14.6 Å². The third-order valence-corrected chi connectivity index (χ3v) is 2.70. The van der Waals surface area contributed by atoms with Gasteiger partial charge in [0, 0.05) is 20.1 Å². The van der Waals surface area contributed by atoms with Crippen LogP contribution in [0.15, 0.2) is 36.9 Å². The smallest absolute Gasteiger partial charge is 0.326 e. The molecule has 1 unspecified atom stereocenters. The lowest BCUT2D eigenvalue weighted by Gasteiger charge is -2.15. The van der Waals surface area contributed by atoms with E-state index >= 15 is 0 Å². The monoisotopic (exact) mass is 293 g/mol. The van der Waals surface area contributed by atoms with Gasteiger partial charge in [0.1, 0.15) is 18.4 Å². The summed E-state index contributed by atoms with van der Waals surface area (Å²) in [6.07, 6.45) is 1.75. The van der Waals surface area contributed by atoms with Crippen LogP contribution < -0.4 is 10.1 Å². The third kappa shape index (κ3) is 5.27. The zero-order valence-corrected chi connectivity index (χ0v) is 11.9. The summed E-state index contributed by atoms with van der Waals surface area (Å²) in [7, 11) is 1.47. The molecule has 6 heteroatoms. The second-order valence-electron chi connectivity index (χ2n) is 4.24. The summed E-state index contributed by atoms with van der Waals surface area (Å²) in [5, 5.41) is 11.6. The van der Waals surface area contributed by atoms with E-state index in [2.05, 4.69) is 11.9 Å². The zero-order chi connectivity index (χ0) is 15.7. The summed E-state index contributed by atoms with van der Waals surface area (Å²) in [5.41, 5.74) is 0.281. The van der Waals surface area contributed by atoms with Gasteiger partial charge in [-0.2, -0.15) is 0 Å². The summed E-state index contributed by atoms with van der Waals surface area (Å²) in [4.78, 5) is 23.3. The number of nitrogens with one attached hydrogen (secondary N) is 1. The van der Waals surface area contributed by atoms with E-state index in [1.54, 1.807) is 30.3 Å². The first-order chi connectivity index (χ1) is 10.1. The minimum atomic E-state index is -1.11. The molecule has 0 aliphatic carbocycles. The summed E-state index contributed by atoms with van der Waals surface area (Å²) in [6, 6.07) is 5.62. The number of rotatable bonds is 9. The Morgan fingerprint density at radius 2 is 2.14 bits per heavy atom. The number of carboxylic acid groups (broad SMARTS) is 1. The second kappa shape index (κ2) is 8.76. The van der Waals surface area contributed by atoms with Crippen molar-refractivity contribution in [1.29, 1.82) is 0 Å². The Balaban J connectivity index is 2.81. The molecule has 0 aliphatic rings. The number of amides is 1. The number of methoxy groups -OCH3 is 1. The van der Waals surface area contributed by atoms with Crippen molar-refractivity contribution < 1.29 is 24.2 Å². The first-order valence-electron chi connectivity index (χ1n) is 6.45. The maximum absolute atomic E-state index is 12.2. The van der Waals surface area contributed by atoms with Crippen LogP contribution >= 0.6 is 0 Å². The molecule has 2 N–H and O–H groups in total. The van der Waals surface area contributed by atoms with Crippen molar-refractivity contribution in [3.8, 4) is 5.75 Å². The number of hydrogen-bond donors (Lipinski definition) is 2. The normalized spacial score (nSPS) is 11.5. The lowest BCUT2D eigenvalue weighted by molar-refractivity contribution is -0.139. The number of carboxylic acids is 1. The maximum Gasteiger partial charge on any atom is 0.326 e. The van der Waals surface area contributed by atoms with Crippen LogP contribution in [0.5, 0.6) is 5.75 Å². The number of aliphatic carboxylic acids is 1. The molecule has 1 aromatic rings. The largest absolute Gasteiger partial charge is 0.489 e. The molecule has 1 rings (SSSR count). The number of ether oxygens (including phenoxy) is 2. The van der Waals surface area contributed by atoms with E-state index in [9.17, 15) is 9.59 Å². The quantitative estimate of drug-likeness (QED) is 0.673. The molecule has 1 atom stereocenters. The van der Waals surface area contributed by atoms with E-state index in [1.807, 2.05) is 0 Å². The van der Waals surface area contributed by atoms with Gasteiger partial charge in [-0.15, -0.1) is 0 Å². The Kier molecular flexibility index (Phi) is 6.97. The Morgan fingerprint density at radius 3 is 2.76 bits per heavy atom. The molecule has 1 aromatic carbocycles. The molecule has 0 fully saturated rings. The SMILES string of the molecule is C=CCOc1ccccc1C(=O)NC(CCOC)C(=O)O. The van der Waals surface area contributed by atoms with Crippen molar-refractivity contribution in [2.75, 3.05) is 20.3 Å². The topological polar surface area (TPSA) is 84.9 Å². The van der Waals surface area contributed by atoms with Crippen molar-refractivity contribution in [3.63, 3.8) is 0 Å². The van der Waals surface area contributed by atoms with Gasteiger partial charge in [-0.1, -0.05) is 24.8 Å². The van der Waals surface area contributed by atoms with Crippen LogP contribution in [0.3, 0.4) is 0 Å². The molecule has 21 heavy (non-hydrogen) atoms. The van der Waals surface area contributed by atoms with Crippen LogP contribution in [0.25, 0.3) is 0 Å². The first-order valence-corrected chi connectivity index (χ1v) is 6.45.